The van der Waals surface area contributed by atoms with E-state index in [1.165, 1.54) is 0 Å². The highest BCUT2D eigenvalue weighted by atomic mass is 79.9. The molecule has 4 rings (SSSR count). The number of nitrogens with zero attached hydrogens (tertiary/aromatic N) is 1. The van der Waals surface area contributed by atoms with E-state index in [0.29, 0.717) is 30.9 Å². The summed E-state index contributed by atoms with van der Waals surface area (Å²) in [6.45, 7) is 0.657. The van der Waals surface area contributed by atoms with E-state index in [-0.39, 0.29) is 0 Å². The second kappa shape index (κ2) is 6.74. The predicted molar refractivity (Wildman–Crippen MR) is 98.0 cm³/mol. The maximum absolute atomic E-state index is 12.8. The summed E-state index contributed by atoms with van der Waals surface area (Å²) in [7, 11) is 0. The van der Waals surface area contributed by atoms with Crippen molar-refractivity contribution in [2.45, 2.75) is 31.1 Å². The summed E-state index contributed by atoms with van der Waals surface area (Å²) >= 11 is 3.45. The molecule has 0 bridgehead atoms. The minimum Gasteiger partial charge on any atom is -0.455 e. The number of hydrogen-bond donors (Lipinski definition) is 1. The van der Waals surface area contributed by atoms with Gasteiger partial charge < -0.3 is 15.0 Å². The van der Waals surface area contributed by atoms with Crippen molar-refractivity contribution < 1.29 is 22.7 Å². The van der Waals surface area contributed by atoms with Crippen molar-refractivity contribution >= 4 is 27.5 Å². The number of alkyl halides is 3. The number of nitrogens with one attached hydrogen (secondary N) is 1. The Labute approximate surface area is 162 Å². The number of ether oxygens (including phenoxy) is 1. The molecule has 0 aromatic heterocycles. The summed E-state index contributed by atoms with van der Waals surface area (Å²) in [6, 6.07) is 11.7. The van der Waals surface area contributed by atoms with Crippen LogP contribution in [-0.2, 0) is 4.79 Å². The molecule has 8 heteroatoms. The van der Waals surface area contributed by atoms with Crippen LogP contribution in [0.3, 0.4) is 0 Å². The molecule has 27 heavy (non-hydrogen) atoms. The summed E-state index contributed by atoms with van der Waals surface area (Å²) < 4.78 is 45.4. The lowest BCUT2D eigenvalue weighted by Gasteiger charge is -2.42. The van der Waals surface area contributed by atoms with Crippen LogP contribution in [0.25, 0.3) is 0 Å². The molecule has 0 aliphatic carbocycles. The lowest BCUT2D eigenvalue weighted by Crippen LogP contribution is -2.52. The fourth-order valence-corrected chi connectivity index (χ4v) is 4.14. The van der Waals surface area contributed by atoms with E-state index in [0.717, 1.165) is 15.7 Å². The first-order valence-corrected chi connectivity index (χ1v) is 9.34. The Morgan fingerprint density at radius 3 is 2.74 bits per heavy atom. The number of fused-ring (bicyclic) bond motifs is 5. The van der Waals surface area contributed by atoms with Crippen LogP contribution in [0.1, 0.15) is 24.4 Å². The molecular weight excluding hydrogens is 425 g/mol. The van der Waals surface area contributed by atoms with Gasteiger partial charge in [0.15, 0.2) is 5.75 Å². The average Bonchev–Trinajstić information content (AvgIpc) is 2.76. The molecule has 1 amide bonds. The number of anilines is 1. The molecule has 0 spiro atoms. The van der Waals surface area contributed by atoms with E-state index in [2.05, 4.69) is 21.2 Å². The number of hydrogen-bond acceptors (Lipinski definition) is 3. The van der Waals surface area contributed by atoms with E-state index < -0.39 is 24.2 Å². The molecule has 2 aliphatic rings. The SMILES string of the molecule is O=C(N[C@H]1CCCN2c3cc(Br)ccc3Oc3ccccc3[C@@H]12)C(F)(F)F. The van der Waals surface area contributed by atoms with Crippen molar-refractivity contribution in [3.05, 3.63) is 52.5 Å². The zero-order valence-corrected chi connectivity index (χ0v) is 15.7. The van der Waals surface area contributed by atoms with Crippen LogP contribution >= 0.6 is 15.9 Å². The maximum atomic E-state index is 12.8. The van der Waals surface area contributed by atoms with Gasteiger partial charge >= 0.3 is 12.1 Å². The van der Waals surface area contributed by atoms with E-state index in [4.69, 9.17) is 4.74 Å². The summed E-state index contributed by atoms with van der Waals surface area (Å²) in [6.07, 6.45) is -3.79. The highest BCUT2D eigenvalue weighted by molar-refractivity contribution is 9.10. The number of carbonyl (C=O) groups excluding carboxylic acids is 1. The topological polar surface area (TPSA) is 41.6 Å². The number of rotatable bonds is 1. The van der Waals surface area contributed by atoms with Crippen LogP contribution < -0.4 is 15.0 Å². The van der Waals surface area contributed by atoms with Gasteiger partial charge in [0.25, 0.3) is 0 Å². The number of amides is 1. The van der Waals surface area contributed by atoms with Crippen molar-refractivity contribution in [2.75, 3.05) is 11.4 Å². The van der Waals surface area contributed by atoms with Gasteiger partial charge in [-0.25, -0.2) is 0 Å². The Hall–Kier alpha value is -2.22. The number of piperidine rings is 1. The molecule has 0 radical (unpaired) electrons. The third kappa shape index (κ3) is 3.38. The lowest BCUT2D eigenvalue weighted by molar-refractivity contribution is -0.174. The van der Waals surface area contributed by atoms with Crippen LogP contribution in [0, 0.1) is 0 Å². The predicted octanol–water partition coefficient (Wildman–Crippen LogP) is 4.94. The summed E-state index contributed by atoms with van der Waals surface area (Å²) in [5.74, 6) is -0.691. The Bertz CT molecular complexity index is 887. The number of carbonyl (C=O) groups is 1. The van der Waals surface area contributed by atoms with E-state index in [1.54, 1.807) is 6.07 Å². The highest BCUT2D eigenvalue weighted by Gasteiger charge is 2.44. The molecule has 0 saturated carbocycles. The minimum atomic E-state index is -4.91. The molecule has 1 N–H and O–H groups in total. The van der Waals surface area contributed by atoms with Crippen molar-refractivity contribution in [3.8, 4) is 11.5 Å². The van der Waals surface area contributed by atoms with Gasteiger partial charge in [0.1, 0.15) is 5.75 Å². The molecule has 2 atom stereocenters. The van der Waals surface area contributed by atoms with Crippen LogP contribution in [0.4, 0.5) is 18.9 Å². The maximum Gasteiger partial charge on any atom is 0.471 e. The van der Waals surface area contributed by atoms with Gasteiger partial charge in [0.05, 0.1) is 17.8 Å². The number of benzene rings is 2. The summed E-state index contributed by atoms with van der Waals surface area (Å²) in [5, 5.41) is 2.20. The average molecular weight is 441 g/mol. The fourth-order valence-electron chi connectivity index (χ4n) is 3.79. The molecule has 2 aromatic rings. The summed E-state index contributed by atoms with van der Waals surface area (Å²) in [4.78, 5) is 13.6. The van der Waals surface area contributed by atoms with Gasteiger partial charge in [-0.05, 0) is 37.1 Å². The Kier molecular flexibility index (Phi) is 4.53. The lowest BCUT2D eigenvalue weighted by atomic mass is 9.89. The largest absolute Gasteiger partial charge is 0.471 e. The van der Waals surface area contributed by atoms with Gasteiger partial charge in [0.2, 0.25) is 0 Å². The third-order valence-electron chi connectivity index (χ3n) is 4.89. The molecule has 142 valence electrons. The summed E-state index contributed by atoms with van der Waals surface area (Å²) in [5.41, 5.74) is 1.55. The Morgan fingerprint density at radius 2 is 1.96 bits per heavy atom. The van der Waals surface area contributed by atoms with Gasteiger partial charge in [-0.3, -0.25) is 4.79 Å². The van der Waals surface area contributed by atoms with Gasteiger partial charge in [-0.15, -0.1) is 0 Å². The first-order valence-electron chi connectivity index (χ1n) is 8.55. The van der Waals surface area contributed by atoms with Gasteiger partial charge in [-0.1, -0.05) is 34.1 Å². The van der Waals surface area contributed by atoms with Crippen molar-refractivity contribution in [1.29, 1.82) is 0 Å². The van der Waals surface area contributed by atoms with E-state index >= 15 is 0 Å². The van der Waals surface area contributed by atoms with E-state index in [1.807, 2.05) is 41.3 Å². The zero-order chi connectivity index (χ0) is 19.2. The Balaban J connectivity index is 1.81. The molecular formula is C19H16BrF3N2O2. The first-order chi connectivity index (χ1) is 12.8. The van der Waals surface area contributed by atoms with E-state index in [9.17, 15) is 18.0 Å². The van der Waals surface area contributed by atoms with Crippen LogP contribution in [0.2, 0.25) is 0 Å². The zero-order valence-electron chi connectivity index (χ0n) is 14.1. The van der Waals surface area contributed by atoms with Crippen molar-refractivity contribution in [1.82, 2.24) is 5.32 Å². The minimum absolute atomic E-state index is 0.447. The standard InChI is InChI=1S/C19H16BrF3N2O2/c20-11-7-8-16-14(10-11)25-9-3-5-13(24-18(26)19(21,22)23)17(25)12-4-1-2-6-15(12)27-16/h1-2,4,6-8,10,13,17H,3,5,9H2,(H,24,26)/t13-,17-/m0/s1. The molecule has 1 saturated heterocycles. The molecule has 4 nitrogen and oxygen atoms in total. The first kappa shape index (κ1) is 18.2. The normalized spacial score (nSPS) is 21.3. The third-order valence-corrected chi connectivity index (χ3v) is 5.39. The van der Waals surface area contributed by atoms with Crippen LogP contribution in [0.5, 0.6) is 11.5 Å². The van der Waals surface area contributed by atoms with Crippen LogP contribution in [-0.4, -0.2) is 24.7 Å². The highest BCUT2D eigenvalue weighted by Crippen LogP contribution is 2.48. The smallest absolute Gasteiger partial charge is 0.455 e. The van der Waals surface area contributed by atoms with Crippen molar-refractivity contribution in [3.63, 3.8) is 0 Å². The fraction of sp³-hybridized carbons (Fsp3) is 0.316. The van der Waals surface area contributed by atoms with Gasteiger partial charge in [0, 0.05) is 16.6 Å². The second-order valence-electron chi connectivity index (χ2n) is 6.61. The van der Waals surface area contributed by atoms with Crippen molar-refractivity contribution in [2.24, 2.45) is 0 Å². The van der Waals surface area contributed by atoms with Gasteiger partial charge in [-0.2, -0.15) is 13.2 Å². The molecule has 0 unspecified atom stereocenters. The monoisotopic (exact) mass is 440 g/mol. The number of para-hydroxylation sites is 1. The molecule has 1 fully saturated rings. The molecule has 2 heterocycles. The second-order valence-corrected chi connectivity index (χ2v) is 7.53. The number of halogens is 4. The molecule has 2 aliphatic heterocycles. The van der Waals surface area contributed by atoms with Crippen LogP contribution in [0.15, 0.2) is 46.9 Å². The quantitative estimate of drug-likeness (QED) is 0.682. The molecule has 2 aromatic carbocycles. The Morgan fingerprint density at radius 1 is 1.19 bits per heavy atom.